The Balaban J connectivity index is 1.88. The molecule has 148 valence electrons. The van der Waals surface area contributed by atoms with Crippen molar-refractivity contribution in [2.75, 3.05) is 11.9 Å². The van der Waals surface area contributed by atoms with Gasteiger partial charge in [-0.1, -0.05) is 18.2 Å². The number of aromatic nitrogens is 1. The lowest BCUT2D eigenvalue weighted by Crippen LogP contribution is -2.39. The van der Waals surface area contributed by atoms with Crippen LogP contribution in [0.3, 0.4) is 0 Å². The summed E-state index contributed by atoms with van der Waals surface area (Å²) in [6.45, 7) is 5.20. The third kappa shape index (κ3) is 7.06. The van der Waals surface area contributed by atoms with Gasteiger partial charge in [-0.3, -0.25) is 14.6 Å². The van der Waals surface area contributed by atoms with E-state index < -0.39 is 11.7 Å². The lowest BCUT2D eigenvalue weighted by atomic mass is 10.1. The molecule has 0 aliphatic heterocycles. The van der Waals surface area contributed by atoms with Crippen molar-refractivity contribution in [1.29, 1.82) is 0 Å². The molecule has 1 aromatic carbocycles. The molecule has 0 spiro atoms. The summed E-state index contributed by atoms with van der Waals surface area (Å²) in [5.74, 6) is -0.669. The van der Waals surface area contributed by atoms with E-state index in [9.17, 15) is 14.4 Å². The Morgan fingerprint density at radius 1 is 1.04 bits per heavy atom. The van der Waals surface area contributed by atoms with Gasteiger partial charge in [-0.2, -0.15) is 0 Å². The number of pyridine rings is 1. The average Bonchev–Trinajstić information content (AvgIpc) is 2.65. The van der Waals surface area contributed by atoms with Gasteiger partial charge in [0.25, 0.3) is 5.91 Å². The molecule has 1 aromatic heterocycles. The summed E-state index contributed by atoms with van der Waals surface area (Å²) in [5.41, 5.74) is 1.11. The van der Waals surface area contributed by atoms with E-state index in [1.807, 2.05) is 0 Å². The zero-order valence-corrected chi connectivity index (χ0v) is 16.1. The predicted molar refractivity (Wildman–Crippen MR) is 105 cm³/mol. The summed E-state index contributed by atoms with van der Waals surface area (Å²) in [4.78, 5) is 39.8. The minimum absolute atomic E-state index is 0.193. The molecule has 2 rings (SSSR count). The van der Waals surface area contributed by atoms with Gasteiger partial charge < -0.3 is 20.7 Å². The maximum atomic E-state index is 12.3. The number of benzene rings is 1. The fourth-order valence-corrected chi connectivity index (χ4v) is 2.21. The summed E-state index contributed by atoms with van der Waals surface area (Å²) in [6, 6.07) is 10.5. The number of ether oxygens (including phenoxy) is 1. The van der Waals surface area contributed by atoms with Crippen molar-refractivity contribution in [1.82, 2.24) is 15.6 Å². The largest absolute Gasteiger partial charge is 0.444 e. The maximum Gasteiger partial charge on any atom is 0.408 e. The molecular formula is C20H24N4O4. The first-order valence-corrected chi connectivity index (χ1v) is 8.77. The molecule has 0 radical (unpaired) electrons. The summed E-state index contributed by atoms with van der Waals surface area (Å²) >= 11 is 0. The van der Waals surface area contributed by atoms with Crippen molar-refractivity contribution in [3.05, 3.63) is 59.9 Å². The van der Waals surface area contributed by atoms with E-state index in [0.29, 0.717) is 11.3 Å². The number of carbonyl (C=O) groups excluding carboxylic acids is 3. The number of amides is 3. The zero-order valence-electron chi connectivity index (χ0n) is 16.1. The highest BCUT2D eigenvalue weighted by Crippen LogP contribution is 2.16. The average molecular weight is 384 g/mol. The molecule has 28 heavy (non-hydrogen) atoms. The fraction of sp³-hybridized carbons (Fsp3) is 0.300. The van der Waals surface area contributed by atoms with Gasteiger partial charge in [-0.15, -0.1) is 0 Å². The van der Waals surface area contributed by atoms with Gasteiger partial charge in [0.2, 0.25) is 5.91 Å². The molecule has 0 unspecified atom stereocenters. The van der Waals surface area contributed by atoms with Crippen LogP contribution in [-0.2, 0) is 16.1 Å². The van der Waals surface area contributed by atoms with E-state index in [1.54, 1.807) is 63.4 Å². The van der Waals surface area contributed by atoms with Crippen LogP contribution in [0.25, 0.3) is 0 Å². The molecule has 0 fully saturated rings. The van der Waals surface area contributed by atoms with E-state index in [1.165, 1.54) is 6.20 Å². The number of hydrogen-bond donors (Lipinski definition) is 3. The molecule has 0 saturated heterocycles. The number of nitrogens with one attached hydrogen (secondary N) is 3. The van der Waals surface area contributed by atoms with Crippen LogP contribution >= 0.6 is 0 Å². The molecule has 3 N–H and O–H groups in total. The second-order valence-electron chi connectivity index (χ2n) is 6.99. The van der Waals surface area contributed by atoms with E-state index in [2.05, 4.69) is 20.9 Å². The van der Waals surface area contributed by atoms with Crippen LogP contribution in [0.1, 0.15) is 36.7 Å². The van der Waals surface area contributed by atoms with Gasteiger partial charge in [0, 0.05) is 24.6 Å². The van der Waals surface area contributed by atoms with E-state index in [-0.39, 0.29) is 24.9 Å². The first-order chi connectivity index (χ1) is 13.2. The van der Waals surface area contributed by atoms with Crippen LogP contribution in [0.4, 0.5) is 10.5 Å². The zero-order chi connectivity index (χ0) is 20.6. The second kappa shape index (κ2) is 9.50. The number of rotatable bonds is 6. The van der Waals surface area contributed by atoms with E-state index in [4.69, 9.17) is 4.74 Å². The molecule has 8 heteroatoms. The van der Waals surface area contributed by atoms with Crippen molar-refractivity contribution in [2.24, 2.45) is 0 Å². The normalized spacial score (nSPS) is 10.7. The molecule has 0 saturated carbocycles. The summed E-state index contributed by atoms with van der Waals surface area (Å²) in [5, 5.41) is 7.90. The molecular weight excluding hydrogens is 360 g/mol. The summed E-state index contributed by atoms with van der Waals surface area (Å²) in [6.07, 6.45) is 2.40. The van der Waals surface area contributed by atoms with Gasteiger partial charge >= 0.3 is 6.09 Å². The number of nitrogens with zero attached hydrogens (tertiary/aromatic N) is 1. The summed E-state index contributed by atoms with van der Waals surface area (Å²) in [7, 11) is 0. The third-order valence-corrected chi connectivity index (χ3v) is 3.46. The molecule has 0 aliphatic carbocycles. The highest BCUT2D eigenvalue weighted by molar-refractivity contribution is 6.04. The van der Waals surface area contributed by atoms with Crippen molar-refractivity contribution in [3.63, 3.8) is 0 Å². The van der Waals surface area contributed by atoms with Gasteiger partial charge in [-0.05, 0) is 44.5 Å². The van der Waals surface area contributed by atoms with Crippen LogP contribution in [0, 0.1) is 0 Å². The number of alkyl carbamates (subject to hydrolysis) is 1. The molecule has 0 bridgehead atoms. The predicted octanol–water partition coefficient (Wildman–Crippen LogP) is 2.47. The van der Waals surface area contributed by atoms with Crippen molar-refractivity contribution >= 4 is 23.6 Å². The van der Waals surface area contributed by atoms with Crippen molar-refractivity contribution in [2.45, 2.75) is 32.9 Å². The molecule has 8 nitrogen and oxygen atoms in total. The van der Waals surface area contributed by atoms with Crippen LogP contribution in [0.15, 0.2) is 48.8 Å². The number of hydrogen-bond acceptors (Lipinski definition) is 5. The Bertz CT molecular complexity index is 832. The lowest BCUT2D eigenvalue weighted by molar-refractivity contribution is -0.120. The minimum Gasteiger partial charge on any atom is -0.444 e. The molecule has 2 aromatic rings. The second-order valence-corrected chi connectivity index (χ2v) is 6.99. The monoisotopic (exact) mass is 384 g/mol. The van der Waals surface area contributed by atoms with Crippen molar-refractivity contribution in [3.8, 4) is 0 Å². The minimum atomic E-state index is -0.660. The third-order valence-electron chi connectivity index (χ3n) is 3.46. The van der Waals surface area contributed by atoms with Gasteiger partial charge in [0.1, 0.15) is 12.1 Å². The lowest BCUT2D eigenvalue weighted by Gasteiger charge is -2.19. The molecule has 1 heterocycles. The number of para-hydroxylation sites is 1. The Hall–Kier alpha value is -3.42. The number of anilines is 1. The SMILES string of the molecule is CC(C)(C)OC(=O)NCC(=O)NCc1ccccc1NC(=O)c1cccnc1. The van der Waals surface area contributed by atoms with Crippen LogP contribution < -0.4 is 16.0 Å². The topological polar surface area (TPSA) is 109 Å². The van der Waals surface area contributed by atoms with Crippen LogP contribution in [0.5, 0.6) is 0 Å². The Kier molecular flexibility index (Phi) is 7.08. The van der Waals surface area contributed by atoms with E-state index in [0.717, 1.165) is 5.56 Å². The molecule has 3 amide bonds. The van der Waals surface area contributed by atoms with Crippen LogP contribution in [-0.4, -0.2) is 35.0 Å². The fourth-order valence-electron chi connectivity index (χ4n) is 2.21. The summed E-state index contributed by atoms with van der Waals surface area (Å²) < 4.78 is 5.07. The maximum absolute atomic E-state index is 12.3. The standard InChI is InChI=1S/C20H24N4O4/c1-20(2,3)28-19(27)23-13-17(25)22-12-14-7-4-5-9-16(14)24-18(26)15-8-6-10-21-11-15/h4-11H,12-13H2,1-3H3,(H,22,25)(H,23,27)(H,24,26). The number of carbonyl (C=O) groups is 3. The highest BCUT2D eigenvalue weighted by Gasteiger charge is 2.16. The first kappa shape index (κ1) is 20.9. The Morgan fingerprint density at radius 2 is 1.79 bits per heavy atom. The Labute approximate surface area is 163 Å². The van der Waals surface area contributed by atoms with Crippen molar-refractivity contribution < 1.29 is 19.1 Å². The highest BCUT2D eigenvalue weighted by atomic mass is 16.6. The first-order valence-electron chi connectivity index (χ1n) is 8.77. The van der Waals surface area contributed by atoms with Crippen LogP contribution in [0.2, 0.25) is 0 Å². The Morgan fingerprint density at radius 3 is 2.46 bits per heavy atom. The quantitative estimate of drug-likeness (QED) is 0.709. The molecule has 0 atom stereocenters. The van der Waals surface area contributed by atoms with Gasteiger partial charge in [0.15, 0.2) is 0 Å². The molecule has 0 aliphatic rings. The van der Waals surface area contributed by atoms with Gasteiger partial charge in [0.05, 0.1) is 5.56 Å². The van der Waals surface area contributed by atoms with Gasteiger partial charge in [-0.25, -0.2) is 4.79 Å². The van der Waals surface area contributed by atoms with E-state index >= 15 is 0 Å². The smallest absolute Gasteiger partial charge is 0.408 e.